The molecule has 0 fully saturated rings. The molecule has 3 aromatic rings. The molecule has 3 aromatic carbocycles. The summed E-state index contributed by atoms with van der Waals surface area (Å²) in [5.74, 6) is -1.44. The van der Waals surface area contributed by atoms with Crippen molar-refractivity contribution < 1.29 is 19.1 Å². The zero-order valence-electron chi connectivity index (χ0n) is 19.7. The lowest BCUT2D eigenvalue weighted by Gasteiger charge is -2.30. The summed E-state index contributed by atoms with van der Waals surface area (Å²) in [6.07, 6.45) is 0.823. The van der Waals surface area contributed by atoms with Gasteiger partial charge in [-0.25, -0.2) is 4.79 Å². The van der Waals surface area contributed by atoms with Gasteiger partial charge in [-0.3, -0.25) is 9.59 Å². The second-order valence-electron chi connectivity index (χ2n) is 8.53. The molecule has 0 aliphatic carbocycles. The number of ether oxygens (including phenoxy) is 1. The zero-order valence-corrected chi connectivity index (χ0v) is 22.7. The fraction of sp³-hybridized carbons (Fsp3) is 0.222. The van der Waals surface area contributed by atoms with E-state index in [2.05, 4.69) is 5.32 Å². The quantitative estimate of drug-likeness (QED) is 0.363. The Morgan fingerprint density at radius 1 is 0.892 bits per heavy atom. The summed E-state index contributed by atoms with van der Waals surface area (Å²) in [6.45, 7) is 0.875. The highest BCUT2D eigenvalue weighted by atomic mass is 35.5. The SMILES string of the molecule is COC(=O)C(Cc1ccc2c(c1)CN(C(=O)c1c(Cl)cccc1Cl)CC2)NC(=O)c1c(Cl)cccc1Cl. The first-order valence-electron chi connectivity index (χ1n) is 11.4. The van der Waals surface area contributed by atoms with Crippen LogP contribution in [-0.4, -0.2) is 42.4 Å². The zero-order chi connectivity index (χ0) is 26.7. The summed E-state index contributed by atoms with van der Waals surface area (Å²) < 4.78 is 4.92. The van der Waals surface area contributed by atoms with Gasteiger partial charge in [0, 0.05) is 19.5 Å². The Kier molecular flexibility index (Phi) is 8.65. The molecule has 0 aromatic heterocycles. The van der Waals surface area contributed by atoms with E-state index in [-0.39, 0.29) is 33.5 Å². The molecular weight excluding hydrogens is 558 g/mol. The number of hydrogen-bond acceptors (Lipinski definition) is 4. The highest BCUT2D eigenvalue weighted by Crippen LogP contribution is 2.29. The third-order valence-electron chi connectivity index (χ3n) is 6.17. The number of hydrogen-bond donors (Lipinski definition) is 1. The van der Waals surface area contributed by atoms with Gasteiger partial charge in [0.2, 0.25) is 0 Å². The smallest absolute Gasteiger partial charge is 0.328 e. The summed E-state index contributed by atoms with van der Waals surface area (Å²) in [5.41, 5.74) is 3.17. The molecule has 1 unspecified atom stereocenters. The number of nitrogens with zero attached hydrogens (tertiary/aromatic N) is 1. The minimum atomic E-state index is -0.980. The highest BCUT2D eigenvalue weighted by molar-refractivity contribution is 6.40. The molecule has 6 nitrogen and oxygen atoms in total. The monoisotopic (exact) mass is 578 g/mol. The van der Waals surface area contributed by atoms with Gasteiger partial charge in [-0.05, 0) is 47.4 Å². The van der Waals surface area contributed by atoms with Gasteiger partial charge >= 0.3 is 5.97 Å². The molecule has 2 amide bonds. The fourth-order valence-electron chi connectivity index (χ4n) is 4.29. The van der Waals surface area contributed by atoms with Crippen molar-refractivity contribution in [2.75, 3.05) is 13.7 Å². The van der Waals surface area contributed by atoms with Crippen molar-refractivity contribution in [3.63, 3.8) is 0 Å². The van der Waals surface area contributed by atoms with Gasteiger partial charge in [0.25, 0.3) is 11.8 Å². The van der Waals surface area contributed by atoms with Gasteiger partial charge in [0.05, 0.1) is 38.3 Å². The summed E-state index contributed by atoms with van der Waals surface area (Å²) >= 11 is 24.8. The maximum atomic E-state index is 13.2. The van der Waals surface area contributed by atoms with E-state index in [1.165, 1.54) is 7.11 Å². The van der Waals surface area contributed by atoms with Crippen LogP contribution in [0.5, 0.6) is 0 Å². The Morgan fingerprint density at radius 3 is 2.08 bits per heavy atom. The molecule has 1 atom stereocenters. The van der Waals surface area contributed by atoms with Crippen LogP contribution in [0, 0.1) is 0 Å². The van der Waals surface area contributed by atoms with E-state index in [9.17, 15) is 14.4 Å². The number of benzene rings is 3. The number of esters is 1. The van der Waals surface area contributed by atoms with Crippen molar-refractivity contribution in [3.8, 4) is 0 Å². The predicted octanol–water partition coefficient (Wildman–Crippen LogP) is 6.01. The molecular formula is C27H22Cl4N2O4. The van der Waals surface area contributed by atoms with Gasteiger partial charge in [-0.2, -0.15) is 0 Å². The van der Waals surface area contributed by atoms with Crippen LogP contribution < -0.4 is 5.32 Å². The number of halogens is 4. The first-order valence-corrected chi connectivity index (χ1v) is 12.9. The number of nitrogens with one attached hydrogen (secondary N) is 1. The maximum Gasteiger partial charge on any atom is 0.328 e. The summed E-state index contributed by atoms with van der Waals surface area (Å²) in [4.78, 5) is 40.3. The molecule has 1 N–H and O–H groups in total. The Balaban J connectivity index is 1.54. The van der Waals surface area contributed by atoms with Gasteiger partial charge in [-0.1, -0.05) is 76.7 Å². The van der Waals surface area contributed by atoms with Crippen molar-refractivity contribution >= 4 is 64.2 Å². The number of carbonyl (C=O) groups excluding carboxylic acids is 3. The Hall–Kier alpha value is -2.77. The third kappa shape index (κ3) is 6.04. The number of carbonyl (C=O) groups is 3. The second-order valence-corrected chi connectivity index (χ2v) is 10.2. The summed E-state index contributed by atoms with van der Waals surface area (Å²) in [6, 6.07) is 14.5. The second kappa shape index (κ2) is 11.7. The Morgan fingerprint density at radius 2 is 1.49 bits per heavy atom. The van der Waals surface area contributed by atoms with Crippen molar-refractivity contribution in [1.82, 2.24) is 10.2 Å². The molecule has 0 bridgehead atoms. The lowest BCUT2D eigenvalue weighted by molar-refractivity contribution is -0.142. The van der Waals surface area contributed by atoms with Gasteiger partial charge in [0.1, 0.15) is 6.04 Å². The van der Waals surface area contributed by atoms with Crippen LogP contribution >= 0.6 is 46.4 Å². The first-order chi connectivity index (χ1) is 17.7. The van der Waals surface area contributed by atoms with Crippen molar-refractivity contribution in [2.24, 2.45) is 0 Å². The first kappa shape index (κ1) is 27.3. The standard InChI is InChI=1S/C27H22Cl4N2O4/c1-37-27(36)22(32-25(34)23-18(28)4-2-5-19(23)29)13-15-8-9-16-10-11-33(14-17(16)12-15)26(35)24-20(30)6-3-7-21(24)31/h2-9,12,22H,10-11,13-14H2,1H3,(H,32,34). The van der Waals surface area contributed by atoms with Gasteiger partial charge < -0.3 is 15.0 Å². The molecule has 0 spiro atoms. The summed E-state index contributed by atoms with van der Waals surface area (Å²) in [7, 11) is 1.25. The molecule has 10 heteroatoms. The van der Waals surface area contributed by atoms with E-state index < -0.39 is 17.9 Å². The Bertz CT molecular complexity index is 1340. The minimum Gasteiger partial charge on any atom is -0.467 e. The average molecular weight is 580 g/mol. The molecule has 0 saturated carbocycles. The van der Waals surface area contributed by atoms with Crippen molar-refractivity contribution in [3.05, 3.63) is 103 Å². The number of methoxy groups -OCH3 is 1. The van der Waals surface area contributed by atoms with Crippen LogP contribution in [0.25, 0.3) is 0 Å². The fourth-order valence-corrected chi connectivity index (χ4v) is 5.42. The molecule has 37 heavy (non-hydrogen) atoms. The molecule has 0 radical (unpaired) electrons. The van der Waals surface area contributed by atoms with Gasteiger partial charge in [-0.15, -0.1) is 0 Å². The molecule has 192 valence electrons. The van der Waals surface area contributed by atoms with Crippen molar-refractivity contribution in [2.45, 2.75) is 25.4 Å². The highest BCUT2D eigenvalue weighted by Gasteiger charge is 2.28. The largest absolute Gasteiger partial charge is 0.467 e. The Labute approximate surface area is 234 Å². The lowest BCUT2D eigenvalue weighted by Crippen LogP contribution is -2.43. The number of fused-ring (bicyclic) bond motifs is 1. The van der Waals surface area contributed by atoms with E-state index in [0.717, 1.165) is 16.7 Å². The third-order valence-corrected chi connectivity index (χ3v) is 7.43. The van der Waals surface area contributed by atoms with Crippen LogP contribution in [0.2, 0.25) is 20.1 Å². The van der Waals surface area contributed by atoms with Crippen LogP contribution in [0.4, 0.5) is 0 Å². The molecule has 4 rings (SSSR count). The lowest BCUT2D eigenvalue weighted by atomic mass is 9.94. The minimum absolute atomic E-state index is 0.0811. The van der Waals surface area contributed by atoms with E-state index in [1.54, 1.807) is 41.3 Å². The van der Waals surface area contributed by atoms with E-state index in [0.29, 0.717) is 29.6 Å². The van der Waals surface area contributed by atoms with Crippen LogP contribution in [0.3, 0.4) is 0 Å². The number of rotatable bonds is 6. The molecule has 1 aliphatic rings. The normalized spacial score (nSPS) is 13.5. The van der Waals surface area contributed by atoms with E-state index in [1.807, 2.05) is 18.2 Å². The van der Waals surface area contributed by atoms with Gasteiger partial charge in [0.15, 0.2) is 0 Å². The average Bonchev–Trinajstić information content (AvgIpc) is 2.87. The van der Waals surface area contributed by atoms with E-state index in [4.69, 9.17) is 51.1 Å². The van der Waals surface area contributed by atoms with Crippen molar-refractivity contribution in [1.29, 1.82) is 0 Å². The molecule has 1 aliphatic heterocycles. The number of amides is 2. The predicted molar refractivity (Wildman–Crippen MR) is 145 cm³/mol. The molecule has 1 heterocycles. The van der Waals surface area contributed by atoms with Crippen LogP contribution in [-0.2, 0) is 28.9 Å². The van der Waals surface area contributed by atoms with E-state index >= 15 is 0 Å². The van der Waals surface area contributed by atoms with Crippen LogP contribution in [0.15, 0.2) is 54.6 Å². The topological polar surface area (TPSA) is 75.7 Å². The van der Waals surface area contributed by atoms with Crippen LogP contribution in [0.1, 0.15) is 37.4 Å². The summed E-state index contributed by atoms with van der Waals surface area (Å²) in [5, 5.41) is 3.62. The maximum absolute atomic E-state index is 13.2. The molecule has 0 saturated heterocycles.